The first kappa shape index (κ1) is 17.8. The largest absolute Gasteiger partial charge is 0.482 e. The number of hydrogen-bond donors (Lipinski definition) is 1. The lowest BCUT2D eigenvalue weighted by molar-refractivity contribution is -0.125. The number of hydrogen-bond acceptors (Lipinski definition) is 2. The van der Waals surface area contributed by atoms with Crippen molar-refractivity contribution in [3.8, 4) is 5.75 Å². The quantitative estimate of drug-likeness (QED) is 0.673. The van der Waals surface area contributed by atoms with Crippen LogP contribution in [-0.4, -0.2) is 19.1 Å². The van der Waals surface area contributed by atoms with E-state index >= 15 is 0 Å². The summed E-state index contributed by atoms with van der Waals surface area (Å²) in [5.74, 6) is 2.91. The summed E-state index contributed by atoms with van der Waals surface area (Å²) in [6.07, 6.45) is 8.06. The molecule has 1 aromatic rings. The Hall–Kier alpha value is -0.640. The molecule has 0 heterocycles. The van der Waals surface area contributed by atoms with E-state index in [0.717, 1.165) is 24.3 Å². The summed E-state index contributed by atoms with van der Waals surface area (Å²) in [5.41, 5.74) is 0.325. The normalized spacial score (nSPS) is 32.7. The third-order valence-corrected chi connectivity index (χ3v) is 7.18. The SMILES string of the molecule is O=C(COc1cc(Cl)c(Cl)cc1Cl)NCC12CC3CC(CC(C3)C1)C2. The lowest BCUT2D eigenvalue weighted by Gasteiger charge is -2.56. The molecule has 6 heteroatoms. The molecule has 1 N–H and O–H groups in total. The Kier molecular flexibility index (Phi) is 4.85. The van der Waals surface area contributed by atoms with Gasteiger partial charge in [0.2, 0.25) is 0 Å². The van der Waals surface area contributed by atoms with Crippen molar-refractivity contribution in [1.29, 1.82) is 0 Å². The summed E-state index contributed by atoms with van der Waals surface area (Å²) >= 11 is 17.9. The fraction of sp³-hybridized carbons (Fsp3) is 0.632. The van der Waals surface area contributed by atoms with Crippen LogP contribution in [0.4, 0.5) is 0 Å². The highest BCUT2D eigenvalue weighted by molar-refractivity contribution is 6.43. The van der Waals surface area contributed by atoms with E-state index in [9.17, 15) is 4.79 Å². The summed E-state index contributed by atoms with van der Waals surface area (Å²) in [6, 6.07) is 3.06. The first-order chi connectivity index (χ1) is 11.9. The Morgan fingerprint density at radius 2 is 1.56 bits per heavy atom. The Morgan fingerprint density at radius 1 is 1.00 bits per heavy atom. The van der Waals surface area contributed by atoms with Crippen molar-refractivity contribution in [2.45, 2.75) is 38.5 Å². The first-order valence-electron chi connectivity index (χ1n) is 8.96. The summed E-state index contributed by atoms with van der Waals surface area (Å²) in [6.45, 7) is 0.706. The number of rotatable bonds is 5. The van der Waals surface area contributed by atoms with Crippen LogP contribution in [0.2, 0.25) is 15.1 Å². The molecule has 4 aliphatic carbocycles. The molecule has 0 spiro atoms. The van der Waals surface area contributed by atoms with Gasteiger partial charge in [-0.25, -0.2) is 0 Å². The van der Waals surface area contributed by atoms with Crippen molar-refractivity contribution < 1.29 is 9.53 Å². The minimum atomic E-state index is -0.113. The fourth-order valence-electron chi connectivity index (χ4n) is 5.60. The molecule has 4 fully saturated rings. The molecule has 0 radical (unpaired) electrons. The van der Waals surface area contributed by atoms with Gasteiger partial charge in [0.05, 0.1) is 15.1 Å². The van der Waals surface area contributed by atoms with Gasteiger partial charge >= 0.3 is 0 Å². The number of halogens is 3. The molecule has 0 aliphatic heterocycles. The van der Waals surface area contributed by atoms with Crippen LogP contribution in [0, 0.1) is 23.2 Å². The molecule has 5 rings (SSSR count). The highest BCUT2D eigenvalue weighted by atomic mass is 35.5. The minimum absolute atomic E-state index is 0.0654. The fourth-order valence-corrected chi connectivity index (χ4v) is 6.19. The Balaban J connectivity index is 1.31. The van der Waals surface area contributed by atoms with Gasteiger partial charge in [-0.3, -0.25) is 4.79 Å². The Morgan fingerprint density at radius 3 is 2.16 bits per heavy atom. The van der Waals surface area contributed by atoms with Gasteiger partial charge in [0, 0.05) is 12.6 Å². The lowest BCUT2D eigenvalue weighted by Crippen LogP contribution is -2.51. The van der Waals surface area contributed by atoms with Crippen molar-refractivity contribution >= 4 is 40.7 Å². The van der Waals surface area contributed by atoms with Gasteiger partial charge in [-0.05, 0) is 67.8 Å². The molecule has 4 aliphatic rings. The molecule has 0 aromatic heterocycles. The van der Waals surface area contributed by atoms with Gasteiger partial charge in [-0.15, -0.1) is 0 Å². The molecule has 4 bridgehead atoms. The van der Waals surface area contributed by atoms with E-state index in [1.807, 2.05) is 0 Å². The molecule has 136 valence electrons. The zero-order valence-corrected chi connectivity index (χ0v) is 16.3. The number of carbonyl (C=O) groups is 1. The Labute approximate surface area is 163 Å². The zero-order chi connectivity index (χ0) is 17.6. The molecular weight excluding hydrogens is 381 g/mol. The van der Waals surface area contributed by atoms with Crippen molar-refractivity contribution in [2.75, 3.05) is 13.2 Å². The summed E-state index contributed by atoms with van der Waals surface area (Å²) in [7, 11) is 0. The highest BCUT2D eigenvalue weighted by Crippen LogP contribution is 2.59. The maximum absolute atomic E-state index is 12.2. The second-order valence-corrected chi connectivity index (χ2v) is 9.40. The number of nitrogens with one attached hydrogen (secondary N) is 1. The van der Waals surface area contributed by atoms with Crippen LogP contribution in [0.3, 0.4) is 0 Å². The molecule has 0 atom stereocenters. The van der Waals surface area contributed by atoms with Gasteiger partial charge in [-0.1, -0.05) is 34.8 Å². The van der Waals surface area contributed by atoms with Crippen LogP contribution in [0.15, 0.2) is 12.1 Å². The second-order valence-electron chi connectivity index (χ2n) is 8.18. The summed E-state index contributed by atoms with van der Waals surface area (Å²) in [5, 5.41) is 4.16. The second kappa shape index (κ2) is 6.83. The van der Waals surface area contributed by atoms with Gasteiger partial charge < -0.3 is 10.1 Å². The van der Waals surface area contributed by atoms with Crippen LogP contribution >= 0.6 is 34.8 Å². The summed E-state index contributed by atoms with van der Waals surface area (Å²) < 4.78 is 5.52. The van der Waals surface area contributed by atoms with E-state index in [1.165, 1.54) is 44.6 Å². The topological polar surface area (TPSA) is 38.3 Å². The third-order valence-electron chi connectivity index (χ3n) is 6.16. The van der Waals surface area contributed by atoms with E-state index in [4.69, 9.17) is 39.5 Å². The lowest BCUT2D eigenvalue weighted by atomic mass is 9.49. The predicted molar refractivity (Wildman–Crippen MR) is 101 cm³/mol. The first-order valence-corrected chi connectivity index (χ1v) is 10.1. The molecular formula is C19H22Cl3NO2. The predicted octanol–water partition coefficient (Wildman–Crippen LogP) is 5.36. The molecule has 25 heavy (non-hydrogen) atoms. The van der Waals surface area contributed by atoms with Crippen molar-refractivity contribution in [1.82, 2.24) is 5.32 Å². The standard InChI is InChI=1S/C19H22Cl3NO2/c20-14-4-16(22)17(5-15(14)21)25-9-18(24)23-10-19-6-11-1-12(7-19)3-13(2-11)8-19/h4-5,11-13H,1-3,6-10H2,(H,23,24). The van der Waals surface area contributed by atoms with Gasteiger partial charge in [0.1, 0.15) is 5.75 Å². The van der Waals surface area contributed by atoms with Crippen LogP contribution < -0.4 is 10.1 Å². The van der Waals surface area contributed by atoms with Crippen LogP contribution in [0.1, 0.15) is 38.5 Å². The van der Waals surface area contributed by atoms with E-state index in [0.29, 0.717) is 26.2 Å². The molecule has 0 unspecified atom stereocenters. The van der Waals surface area contributed by atoms with Crippen molar-refractivity contribution in [3.05, 3.63) is 27.2 Å². The average Bonchev–Trinajstić information content (AvgIpc) is 2.54. The third kappa shape index (κ3) is 3.74. The maximum Gasteiger partial charge on any atom is 0.257 e. The molecule has 4 saturated carbocycles. The average molecular weight is 403 g/mol. The molecule has 1 aromatic carbocycles. The van der Waals surface area contributed by atoms with Crippen molar-refractivity contribution in [3.63, 3.8) is 0 Å². The smallest absolute Gasteiger partial charge is 0.257 e. The van der Waals surface area contributed by atoms with E-state index < -0.39 is 0 Å². The van der Waals surface area contributed by atoms with Gasteiger partial charge in [-0.2, -0.15) is 0 Å². The Bertz CT molecular complexity index is 656. The van der Waals surface area contributed by atoms with Crippen LogP contribution in [0.25, 0.3) is 0 Å². The number of amides is 1. The van der Waals surface area contributed by atoms with Crippen molar-refractivity contribution in [2.24, 2.45) is 23.2 Å². The number of ether oxygens (including phenoxy) is 1. The van der Waals surface area contributed by atoms with Crippen LogP contribution in [0.5, 0.6) is 5.75 Å². The van der Waals surface area contributed by atoms with E-state index in [2.05, 4.69) is 5.32 Å². The molecule has 3 nitrogen and oxygen atoms in total. The minimum Gasteiger partial charge on any atom is -0.482 e. The molecule has 0 saturated heterocycles. The number of benzene rings is 1. The number of carbonyl (C=O) groups excluding carboxylic acids is 1. The summed E-state index contributed by atoms with van der Waals surface area (Å²) in [4.78, 5) is 12.2. The van der Waals surface area contributed by atoms with E-state index in [-0.39, 0.29) is 12.5 Å². The van der Waals surface area contributed by atoms with E-state index in [1.54, 1.807) is 6.07 Å². The van der Waals surface area contributed by atoms with Gasteiger partial charge in [0.15, 0.2) is 6.61 Å². The molecule has 1 amide bonds. The van der Waals surface area contributed by atoms with Crippen LogP contribution in [-0.2, 0) is 4.79 Å². The van der Waals surface area contributed by atoms with Gasteiger partial charge in [0.25, 0.3) is 5.91 Å². The highest BCUT2D eigenvalue weighted by Gasteiger charge is 2.50. The monoisotopic (exact) mass is 401 g/mol. The maximum atomic E-state index is 12.2. The zero-order valence-electron chi connectivity index (χ0n) is 14.0.